The van der Waals surface area contributed by atoms with E-state index in [2.05, 4.69) is 55.2 Å². The number of pyridine rings is 1. The molecule has 0 radical (unpaired) electrons. The van der Waals surface area contributed by atoms with Crippen molar-refractivity contribution < 1.29 is 0 Å². The number of aromatic nitrogens is 1. The lowest BCUT2D eigenvalue weighted by molar-refractivity contribution is 0.422. The van der Waals surface area contributed by atoms with Crippen LogP contribution >= 0.6 is 0 Å². The maximum atomic E-state index is 4.64. The van der Waals surface area contributed by atoms with Crippen LogP contribution in [0.1, 0.15) is 58.4 Å². The number of hydrogen-bond acceptors (Lipinski definition) is 3. The van der Waals surface area contributed by atoms with Crippen molar-refractivity contribution in [2.45, 2.75) is 71.0 Å². The second-order valence-corrected chi connectivity index (χ2v) is 7.03. The van der Waals surface area contributed by atoms with Crippen molar-refractivity contribution >= 4 is 5.82 Å². The van der Waals surface area contributed by atoms with Gasteiger partial charge in [0.1, 0.15) is 5.82 Å². The quantitative estimate of drug-likeness (QED) is 0.907. The molecule has 1 aliphatic rings. The van der Waals surface area contributed by atoms with E-state index in [4.69, 9.17) is 0 Å². The van der Waals surface area contributed by atoms with Crippen molar-refractivity contribution in [3.8, 4) is 0 Å². The number of hydrogen-bond donors (Lipinski definition) is 1. The van der Waals surface area contributed by atoms with Gasteiger partial charge in [-0.1, -0.05) is 25.3 Å². The average molecular weight is 275 g/mol. The van der Waals surface area contributed by atoms with E-state index in [0.717, 1.165) is 12.4 Å². The summed E-state index contributed by atoms with van der Waals surface area (Å²) in [6, 6.07) is 5.03. The molecule has 2 rings (SSSR count). The van der Waals surface area contributed by atoms with Crippen molar-refractivity contribution in [1.82, 2.24) is 10.3 Å². The van der Waals surface area contributed by atoms with Crippen molar-refractivity contribution in [3.63, 3.8) is 0 Å². The van der Waals surface area contributed by atoms with Crippen LogP contribution in [0.5, 0.6) is 0 Å². The highest BCUT2D eigenvalue weighted by molar-refractivity contribution is 5.39. The Labute approximate surface area is 123 Å². The van der Waals surface area contributed by atoms with Gasteiger partial charge < -0.3 is 10.2 Å². The molecule has 3 heteroatoms. The molecule has 1 aromatic heterocycles. The standard InChI is InChI=1S/C17H29N3/c1-17(2,3)19-13-14-10-11-16(18-12-14)20(4)15-8-6-5-7-9-15/h10-12,15,19H,5-9,13H2,1-4H3. The Morgan fingerprint density at radius 3 is 2.45 bits per heavy atom. The molecule has 0 saturated heterocycles. The minimum absolute atomic E-state index is 0.150. The van der Waals surface area contributed by atoms with Crippen LogP contribution in [-0.4, -0.2) is 23.6 Å². The first-order chi connectivity index (χ1) is 9.46. The summed E-state index contributed by atoms with van der Waals surface area (Å²) in [7, 11) is 2.19. The summed E-state index contributed by atoms with van der Waals surface area (Å²) in [6.07, 6.45) is 8.75. The van der Waals surface area contributed by atoms with Gasteiger partial charge in [-0.3, -0.25) is 0 Å². The second-order valence-electron chi connectivity index (χ2n) is 7.03. The molecule has 0 amide bonds. The van der Waals surface area contributed by atoms with Gasteiger partial charge in [-0.15, -0.1) is 0 Å². The molecule has 0 bridgehead atoms. The Balaban J connectivity index is 1.93. The molecule has 1 aliphatic carbocycles. The highest BCUT2D eigenvalue weighted by Crippen LogP contribution is 2.24. The zero-order valence-corrected chi connectivity index (χ0v) is 13.4. The van der Waals surface area contributed by atoms with E-state index in [0.29, 0.717) is 6.04 Å². The lowest BCUT2D eigenvalue weighted by Gasteiger charge is -2.32. The van der Waals surface area contributed by atoms with E-state index >= 15 is 0 Å². The molecular formula is C17H29N3. The van der Waals surface area contributed by atoms with Crippen molar-refractivity contribution in [2.75, 3.05) is 11.9 Å². The average Bonchev–Trinajstić information content (AvgIpc) is 2.45. The Kier molecular flexibility index (Phi) is 5.03. The predicted octanol–water partition coefficient (Wildman–Crippen LogP) is 3.74. The molecule has 112 valence electrons. The minimum Gasteiger partial charge on any atom is -0.357 e. The third-order valence-corrected chi connectivity index (χ3v) is 4.12. The summed E-state index contributed by atoms with van der Waals surface area (Å²) >= 11 is 0. The van der Waals surface area contributed by atoms with E-state index < -0.39 is 0 Å². The van der Waals surface area contributed by atoms with E-state index in [1.807, 2.05) is 6.20 Å². The third kappa shape index (κ3) is 4.48. The molecule has 0 atom stereocenters. The van der Waals surface area contributed by atoms with E-state index in [-0.39, 0.29) is 5.54 Å². The van der Waals surface area contributed by atoms with E-state index in [1.165, 1.54) is 37.7 Å². The number of nitrogens with one attached hydrogen (secondary N) is 1. The van der Waals surface area contributed by atoms with Gasteiger partial charge >= 0.3 is 0 Å². The van der Waals surface area contributed by atoms with Gasteiger partial charge in [0.2, 0.25) is 0 Å². The second kappa shape index (κ2) is 6.57. The Morgan fingerprint density at radius 1 is 1.20 bits per heavy atom. The Morgan fingerprint density at radius 2 is 1.90 bits per heavy atom. The summed E-state index contributed by atoms with van der Waals surface area (Å²) in [5.41, 5.74) is 1.40. The van der Waals surface area contributed by atoms with Crippen molar-refractivity contribution in [2.24, 2.45) is 0 Å². The molecule has 20 heavy (non-hydrogen) atoms. The maximum absolute atomic E-state index is 4.64. The van der Waals surface area contributed by atoms with Gasteiger partial charge in [0.15, 0.2) is 0 Å². The molecule has 1 N–H and O–H groups in total. The lowest BCUT2D eigenvalue weighted by atomic mass is 9.94. The number of anilines is 1. The van der Waals surface area contributed by atoms with Crippen molar-refractivity contribution in [1.29, 1.82) is 0 Å². The molecule has 0 unspecified atom stereocenters. The molecule has 1 saturated carbocycles. The maximum Gasteiger partial charge on any atom is 0.128 e. The fourth-order valence-corrected chi connectivity index (χ4v) is 2.75. The van der Waals surface area contributed by atoms with Crippen LogP contribution in [-0.2, 0) is 6.54 Å². The molecule has 0 aromatic carbocycles. The fourth-order valence-electron chi connectivity index (χ4n) is 2.75. The third-order valence-electron chi connectivity index (χ3n) is 4.12. The van der Waals surface area contributed by atoms with Crippen LogP contribution in [0.2, 0.25) is 0 Å². The van der Waals surface area contributed by atoms with Crippen LogP contribution in [0.15, 0.2) is 18.3 Å². The summed E-state index contributed by atoms with van der Waals surface area (Å²) in [4.78, 5) is 7.00. The van der Waals surface area contributed by atoms with Gasteiger partial charge in [0, 0.05) is 31.4 Å². The molecule has 0 aliphatic heterocycles. The van der Waals surface area contributed by atoms with Crippen LogP contribution in [0.4, 0.5) is 5.82 Å². The summed E-state index contributed by atoms with van der Waals surface area (Å²) in [5, 5.41) is 3.50. The van der Waals surface area contributed by atoms with Gasteiger partial charge in [0.25, 0.3) is 0 Å². The molecule has 3 nitrogen and oxygen atoms in total. The van der Waals surface area contributed by atoms with Crippen LogP contribution in [0.3, 0.4) is 0 Å². The van der Waals surface area contributed by atoms with E-state index in [1.54, 1.807) is 0 Å². The molecule has 0 spiro atoms. The van der Waals surface area contributed by atoms with Gasteiger partial charge in [-0.2, -0.15) is 0 Å². The first-order valence-electron chi connectivity index (χ1n) is 7.88. The van der Waals surface area contributed by atoms with Crippen LogP contribution in [0.25, 0.3) is 0 Å². The largest absolute Gasteiger partial charge is 0.357 e. The van der Waals surface area contributed by atoms with Gasteiger partial charge in [-0.25, -0.2) is 4.98 Å². The smallest absolute Gasteiger partial charge is 0.128 e. The van der Waals surface area contributed by atoms with E-state index in [9.17, 15) is 0 Å². The summed E-state index contributed by atoms with van der Waals surface area (Å²) < 4.78 is 0. The highest BCUT2D eigenvalue weighted by atomic mass is 15.2. The lowest BCUT2D eigenvalue weighted by Crippen LogP contribution is -2.35. The Bertz CT molecular complexity index is 399. The topological polar surface area (TPSA) is 28.2 Å². The zero-order chi connectivity index (χ0) is 14.6. The summed E-state index contributed by atoms with van der Waals surface area (Å²) in [5.74, 6) is 1.11. The Hall–Kier alpha value is -1.09. The van der Waals surface area contributed by atoms with Gasteiger partial charge in [-0.05, 0) is 45.2 Å². The molecule has 1 heterocycles. The van der Waals surface area contributed by atoms with Crippen molar-refractivity contribution in [3.05, 3.63) is 23.9 Å². The van der Waals surface area contributed by atoms with Crippen LogP contribution in [0, 0.1) is 0 Å². The highest BCUT2D eigenvalue weighted by Gasteiger charge is 2.19. The molecule has 1 aromatic rings. The first kappa shape index (κ1) is 15.3. The number of rotatable bonds is 4. The SMILES string of the molecule is CN(c1ccc(CNC(C)(C)C)cn1)C1CCCCC1. The number of nitrogens with zero attached hydrogens (tertiary/aromatic N) is 2. The molecule has 1 fully saturated rings. The monoisotopic (exact) mass is 275 g/mol. The van der Waals surface area contributed by atoms with Crippen LogP contribution < -0.4 is 10.2 Å². The first-order valence-corrected chi connectivity index (χ1v) is 7.88. The predicted molar refractivity (Wildman–Crippen MR) is 86.1 cm³/mol. The van der Waals surface area contributed by atoms with Gasteiger partial charge in [0.05, 0.1) is 0 Å². The fraction of sp³-hybridized carbons (Fsp3) is 0.706. The normalized spacial score (nSPS) is 17.2. The minimum atomic E-state index is 0.150. The molecular weight excluding hydrogens is 246 g/mol. The zero-order valence-electron chi connectivity index (χ0n) is 13.4. The summed E-state index contributed by atoms with van der Waals surface area (Å²) in [6.45, 7) is 7.44.